The first-order valence-electron chi connectivity index (χ1n) is 6.90. The van der Waals surface area contributed by atoms with Gasteiger partial charge in [0, 0.05) is 22.7 Å². The quantitative estimate of drug-likeness (QED) is 0.896. The first-order valence-corrected chi connectivity index (χ1v) is 7.28. The van der Waals surface area contributed by atoms with Crippen molar-refractivity contribution in [2.24, 2.45) is 0 Å². The summed E-state index contributed by atoms with van der Waals surface area (Å²) in [5.74, 6) is 0.890. The normalized spacial score (nSPS) is 14.2. The van der Waals surface area contributed by atoms with E-state index in [1.54, 1.807) is 0 Å². The molecule has 0 fully saturated rings. The number of benzene rings is 1. The van der Waals surface area contributed by atoms with Gasteiger partial charge in [-0.15, -0.1) is 0 Å². The minimum atomic E-state index is 0.226. The van der Waals surface area contributed by atoms with Crippen molar-refractivity contribution in [3.63, 3.8) is 0 Å². The third-order valence-electron chi connectivity index (χ3n) is 3.51. The van der Waals surface area contributed by atoms with Crippen LogP contribution in [0.1, 0.15) is 42.5 Å². The Morgan fingerprint density at radius 2 is 1.85 bits per heavy atom. The summed E-state index contributed by atoms with van der Waals surface area (Å²) in [6, 6.07) is 8.59. The summed E-state index contributed by atoms with van der Waals surface area (Å²) in [6.07, 6.45) is 0.963. The maximum atomic E-state index is 5.90. The maximum Gasteiger partial charge on any atom is 0.138 e. The van der Waals surface area contributed by atoms with Crippen LogP contribution in [-0.4, -0.2) is 11.2 Å². The van der Waals surface area contributed by atoms with Crippen LogP contribution >= 0.6 is 11.6 Å². The molecule has 1 aromatic heterocycles. The Bertz CT molecular complexity index is 543. The molecule has 1 N–H and O–H groups in total. The summed E-state index contributed by atoms with van der Waals surface area (Å²) >= 11 is 5.90. The van der Waals surface area contributed by atoms with Gasteiger partial charge in [0.2, 0.25) is 0 Å². The van der Waals surface area contributed by atoms with Crippen LogP contribution in [0.4, 0.5) is 0 Å². The van der Waals surface area contributed by atoms with Gasteiger partial charge in [-0.1, -0.05) is 28.9 Å². The van der Waals surface area contributed by atoms with E-state index in [2.05, 4.69) is 36.5 Å². The highest BCUT2D eigenvalue weighted by Gasteiger charge is 2.17. The summed E-state index contributed by atoms with van der Waals surface area (Å²) < 4.78 is 5.22. The van der Waals surface area contributed by atoms with Crippen molar-refractivity contribution in [2.45, 2.75) is 46.2 Å². The molecule has 0 aliphatic heterocycles. The second kappa shape index (κ2) is 6.42. The summed E-state index contributed by atoms with van der Waals surface area (Å²) in [5, 5.41) is 8.38. The summed E-state index contributed by atoms with van der Waals surface area (Å²) in [4.78, 5) is 0. The molecule has 1 heterocycles. The fraction of sp³-hybridized carbons (Fsp3) is 0.438. The Labute approximate surface area is 125 Å². The lowest BCUT2D eigenvalue weighted by atomic mass is 10.0. The molecule has 2 rings (SSSR count). The van der Waals surface area contributed by atoms with Crippen molar-refractivity contribution in [1.29, 1.82) is 0 Å². The predicted molar refractivity (Wildman–Crippen MR) is 82.1 cm³/mol. The average molecular weight is 293 g/mol. The monoisotopic (exact) mass is 292 g/mol. The van der Waals surface area contributed by atoms with E-state index in [1.807, 2.05) is 26.0 Å². The topological polar surface area (TPSA) is 38.1 Å². The first-order chi connectivity index (χ1) is 9.47. The van der Waals surface area contributed by atoms with Crippen molar-refractivity contribution in [3.8, 4) is 0 Å². The lowest BCUT2D eigenvalue weighted by Crippen LogP contribution is -2.31. The van der Waals surface area contributed by atoms with E-state index < -0.39 is 0 Å². The third kappa shape index (κ3) is 3.62. The number of aryl methyl sites for hydroxylation is 2. The number of aromatic nitrogens is 1. The lowest BCUT2D eigenvalue weighted by molar-refractivity contribution is 0.389. The van der Waals surface area contributed by atoms with Gasteiger partial charge >= 0.3 is 0 Å². The number of nitrogens with zero attached hydrogens (tertiary/aromatic N) is 1. The van der Waals surface area contributed by atoms with Gasteiger partial charge in [0.05, 0.1) is 5.69 Å². The summed E-state index contributed by atoms with van der Waals surface area (Å²) in [5.41, 5.74) is 3.40. The third-order valence-corrected chi connectivity index (χ3v) is 3.76. The summed E-state index contributed by atoms with van der Waals surface area (Å²) in [6.45, 7) is 8.26. The lowest BCUT2D eigenvalue weighted by Gasteiger charge is -2.20. The Morgan fingerprint density at radius 1 is 1.20 bits per heavy atom. The summed E-state index contributed by atoms with van der Waals surface area (Å²) in [7, 11) is 0. The van der Waals surface area contributed by atoms with Crippen LogP contribution in [0, 0.1) is 13.8 Å². The molecule has 3 nitrogen and oxygen atoms in total. The molecule has 1 aromatic carbocycles. The molecule has 2 unspecified atom stereocenters. The van der Waals surface area contributed by atoms with Gasteiger partial charge in [-0.05, 0) is 51.8 Å². The van der Waals surface area contributed by atoms with Crippen LogP contribution < -0.4 is 5.32 Å². The van der Waals surface area contributed by atoms with Crippen LogP contribution in [0.3, 0.4) is 0 Å². The SMILES string of the molecule is Cc1noc(C)c1C(C)NC(C)Cc1ccc(Cl)cc1. The van der Waals surface area contributed by atoms with E-state index in [4.69, 9.17) is 16.1 Å². The van der Waals surface area contributed by atoms with Crippen LogP contribution in [0.2, 0.25) is 5.02 Å². The van der Waals surface area contributed by atoms with Crippen LogP contribution in [0.15, 0.2) is 28.8 Å². The molecular formula is C16H21ClN2O. The zero-order valence-corrected chi connectivity index (χ0v) is 13.2. The number of nitrogens with one attached hydrogen (secondary N) is 1. The molecule has 0 amide bonds. The Morgan fingerprint density at radius 3 is 2.40 bits per heavy atom. The van der Waals surface area contributed by atoms with Gasteiger partial charge in [0.15, 0.2) is 0 Å². The molecule has 0 aliphatic rings. The molecule has 0 saturated carbocycles. The van der Waals surface area contributed by atoms with Crippen LogP contribution in [0.5, 0.6) is 0 Å². The fourth-order valence-corrected chi connectivity index (χ4v) is 2.78. The molecule has 108 valence electrons. The highest BCUT2D eigenvalue weighted by molar-refractivity contribution is 6.30. The van der Waals surface area contributed by atoms with Gasteiger partial charge in [-0.3, -0.25) is 0 Å². The molecule has 0 bridgehead atoms. The van der Waals surface area contributed by atoms with Gasteiger partial charge in [0.1, 0.15) is 5.76 Å². The number of hydrogen-bond donors (Lipinski definition) is 1. The molecule has 0 saturated heterocycles. The van der Waals surface area contributed by atoms with Crippen molar-refractivity contribution in [3.05, 3.63) is 51.9 Å². The van der Waals surface area contributed by atoms with E-state index in [0.717, 1.165) is 28.5 Å². The molecule has 0 aliphatic carbocycles. The van der Waals surface area contributed by atoms with Gasteiger partial charge in [-0.25, -0.2) is 0 Å². The van der Waals surface area contributed by atoms with Gasteiger partial charge in [0.25, 0.3) is 0 Å². The molecule has 20 heavy (non-hydrogen) atoms. The van der Waals surface area contributed by atoms with Crippen LogP contribution in [0.25, 0.3) is 0 Å². The van der Waals surface area contributed by atoms with Crippen molar-refractivity contribution < 1.29 is 4.52 Å². The highest BCUT2D eigenvalue weighted by Crippen LogP contribution is 2.21. The van der Waals surface area contributed by atoms with Crippen LogP contribution in [-0.2, 0) is 6.42 Å². The fourth-order valence-electron chi connectivity index (χ4n) is 2.65. The Hall–Kier alpha value is -1.32. The second-order valence-electron chi connectivity index (χ2n) is 5.36. The van der Waals surface area contributed by atoms with Gasteiger partial charge in [-0.2, -0.15) is 0 Å². The molecule has 0 spiro atoms. The first kappa shape index (κ1) is 15.1. The average Bonchev–Trinajstić information content (AvgIpc) is 2.72. The molecule has 2 atom stereocenters. The minimum absolute atomic E-state index is 0.226. The maximum absolute atomic E-state index is 5.90. The van der Waals surface area contributed by atoms with Gasteiger partial charge < -0.3 is 9.84 Å². The van der Waals surface area contributed by atoms with Crippen molar-refractivity contribution in [1.82, 2.24) is 10.5 Å². The predicted octanol–water partition coefficient (Wildman–Crippen LogP) is 4.23. The smallest absolute Gasteiger partial charge is 0.138 e. The Balaban J connectivity index is 1.97. The van der Waals surface area contributed by atoms with Crippen molar-refractivity contribution in [2.75, 3.05) is 0 Å². The molecule has 2 aromatic rings. The molecule has 4 heteroatoms. The van der Waals surface area contributed by atoms with E-state index in [-0.39, 0.29) is 6.04 Å². The number of hydrogen-bond acceptors (Lipinski definition) is 3. The van der Waals surface area contributed by atoms with E-state index in [1.165, 1.54) is 5.56 Å². The number of halogens is 1. The highest BCUT2D eigenvalue weighted by atomic mass is 35.5. The minimum Gasteiger partial charge on any atom is -0.361 e. The Kier molecular flexibility index (Phi) is 4.84. The zero-order chi connectivity index (χ0) is 14.7. The second-order valence-corrected chi connectivity index (χ2v) is 5.79. The van der Waals surface area contributed by atoms with E-state index in [9.17, 15) is 0 Å². The largest absolute Gasteiger partial charge is 0.361 e. The van der Waals surface area contributed by atoms with E-state index in [0.29, 0.717) is 6.04 Å². The zero-order valence-electron chi connectivity index (χ0n) is 12.4. The molecular weight excluding hydrogens is 272 g/mol. The van der Waals surface area contributed by atoms with E-state index >= 15 is 0 Å². The number of rotatable bonds is 5. The standard InChI is InChI=1S/C16H21ClN2O/c1-10(9-14-5-7-15(17)8-6-14)18-11(2)16-12(3)19-20-13(16)4/h5-8,10-11,18H,9H2,1-4H3. The molecule has 0 radical (unpaired) electrons. The van der Waals surface area contributed by atoms with Crippen molar-refractivity contribution >= 4 is 11.6 Å².